The first-order valence-corrected chi connectivity index (χ1v) is 8.59. The summed E-state index contributed by atoms with van der Waals surface area (Å²) >= 11 is 0. The van der Waals surface area contributed by atoms with Crippen LogP contribution in [-0.4, -0.2) is 35.3 Å². The Hall–Kier alpha value is -0.870. The molecule has 1 aromatic carbocycles. The topological polar surface area (TPSA) is 32.3 Å². The predicted molar refractivity (Wildman–Crippen MR) is 85.3 cm³/mol. The monoisotopic (exact) mass is 282 g/mol. The lowest BCUT2D eigenvalue weighted by molar-refractivity contribution is 0.674. The summed E-state index contributed by atoms with van der Waals surface area (Å²) in [5.74, 6) is 1.49. The molecule has 0 fully saturated rings. The van der Waals surface area contributed by atoms with E-state index in [4.69, 9.17) is 0 Å². The summed E-state index contributed by atoms with van der Waals surface area (Å²) in [5, 5.41) is 3.34. The van der Waals surface area contributed by atoms with Crippen LogP contribution in [0.4, 0.5) is 5.69 Å². The smallest absolute Gasteiger partial charge is 0.0366 e. The summed E-state index contributed by atoms with van der Waals surface area (Å²) in [6.07, 6.45) is 0. The maximum absolute atomic E-state index is 11.3. The standard InChI is InChI=1S/C15H26N2OS/c1-4-17(5-2)15-9-7-14(8-10-15)13-16-11-12-19(18)6-3/h7-10,16H,4-6,11-13H2,1-3H3. The van der Waals surface area contributed by atoms with Gasteiger partial charge in [-0.15, -0.1) is 0 Å². The molecule has 3 nitrogen and oxygen atoms in total. The third kappa shape index (κ3) is 5.74. The highest BCUT2D eigenvalue weighted by molar-refractivity contribution is 7.84. The Morgan fingerprint density at radius 3 is 2.26 bits per heavy atom. The zero-order valence-electron chi connectivity index (χ0n) is 12.3. The molecule has 1 N–H and O–H groups in total. The Kier molecular flexibility index (Phi) is 7.75. The van der Waals surface area contributed by atoms with E-state index in [1.54, 1.807) is 0 Å². The van der Waals surface area contributed by atoms with Crippen molar-refractivity contribution in [3.05, 3.63) is 29.8 Å². The molecule has 0 aliphatic heterocycles. The fourth-order valence-corrected chi connectivity index (χ4v) is 2.64. The molecule has 0 saturated carbocycles. The Morgan fingerprint density at radius 1 is 1.11 bits per heavy atom. The second-order valence-electron chi connectivity index (χ2n) is 4.45. The van der Waals surface area contributed by atoms with Crippen LogP contribution in [0.15, 0.2) is 24.3 Å². The highest BCUT2D eigenvalue weighted by Gasteiger charge is 2.01. The van der Waals surface area contributed by atoms with Crippen LogP contribution < -0.4 is 10.2 Å². The fraction of sp³-hybridized carbons (Fsp3) is 0.600. The van der Waals surface area contributed by atoms with E-state index in [1.807, 2.05) is 6.92 Å². The maximum atomic E-state index is 11.3. The van der Waals surface area contributed by atoms with Crippen molar-refractivity contribution in [3.63, 3.8) is 0 Å². The van der Waals surface area contributed by atoms with Crippen molar-refractivity contribution in [2.75, 3.05) is 36.0 Å². The lowest BCUT2D eigenvalue weighted by Gasteiger charge is -2.21. The minimum absolute atomic E-state index is 0.666. The SMILES string of the molecule is CCN(CC)c1ccc(CNCCS(=O)CC)cc1. The van der Waals surface area contributed by atoms with E-state index >= 15 is 0 Å². The van der Waals surface area contributed by atoms with Gasteiger partial charge in [-0.25, -0.2) is 0 Å². The number of hydrogen-bond acceptors (Lipinski definition) is 3. The third-order valence-electron chi connectivity index (χ3n) is 3.22. The Morgan fingerprint density at radius 2 is 1.74 bits per heavy atom. The number of nitrogens with one attached hydrogen (secondary N) is 1. The Labute approximate surface area is 119 Å². The van der Waals surface area contributed by atoms with Crippen molar-refractivity contribution in [2.24, 2.45) is 0 Å². The summed E-state index contributed by atoms with van der Waals surface area (Å²) in [7, 11) is -0.666. The maximum Gasteiger partial charge on any atom is 0.0366 e. The molecular formula is C15H26N2OS. The number of anilines is 1. The van der Waals surface area contributed by atoms with Gasteiger partial charge in [-0.1, -0.05) is 19.1 Å². The van der Waals surface area contributed by atoms with E-state index in [0.717, 1.165) is 37.7 Å². The summed E-state index contributed by atoms with van der Waals surface area (Å²) in [5.41, 5.74) is 2.55. The quantitative estimate of drug-likeness (QED) is 0.706. The van der Waals surface area contributed by atoms with Crippen LogP contribution in [0.1, 0.15) is 26.3 Å². The number of benzene rings is 1. The lowest BCUT2D eigenvalue weighted by atomic mass is 10.2. The number of nitrogens with zero attached hydrogens (tertiary/aromatic N) is 1. The third-order valence-corrected chi connectivity index (χ3v) is 4.53. The summed E-state index contributed by atoms with van der Waals surface area (Å²) < 4.78 is 11.3. The van der Waals surface area contributed by atoms with Gasteiger partial charge in [0.2, 0.25) is 0 Å². The summed E-state index contributed by atoms with van der Waals surface area (Å²) in [6, 6.07) is 8.68. The van der Waals surface area contributed by atoms with Gasteiger partial charge < -0.3 is 10.2 Å². The largest absolute Gasteiger partial charge is 0.372 e. The van der Waals surface area contributed by atoms with E-state index in [2.05, 4.69) is 48.3 Å². The minimum Gasteiger partial charge on any atom is -0.372 e. The van der Waals surface area contributed by atoms with Gasteiger partial charge in [0.1, 0.15) is 0 Å². The molecule has 19 heavy (non-hydrogen) atoms. The molecule has 1 atom stereocenters. The zero-order chi connectivity index (χ0) is 14.1. The van der Waals surface area contributed by atoms with Crippen molar-refractivity contribution >= 4 is 16.5 Å². The van der Waals surface area contributed by atoms with Crippen LogP contribution in [0.5, 0.6) is 0 Å². The van der Waals surface area contributed by atoms with Crippen molar-refractivity contribution in [1.82, 2.24) is 5.32 Å². The minimum atomic E-state index is -0.666. The molecule has 0 radical (unpaired) electrons. The predicted octanol–water partition coefficient (Wildman–Crippen LogP) is 2.39. The van der Waals surface area contributed by atoms with E-state index in [1.165, 1.54) is 11.3 Å². The van der Waals surface area contributed by atoms with Crippen molar-refractivity contribution in [1.29, 1.82) is 0 Å². The first-order chi connectivity index (χ1) is 9.21. The summed E-state index contributed by atoms with van der Waals surface area (Å²) in [6.45, 7) is 10.0. The Bertz CT molecular complexity index is 374. The molecule has 108 valence electrons. The molecule has 1 aromatic rings. The highest BCUT2D eigenvalue weighted by atomic mass is 32.2. The first kappa shape index (κ1) is 16.2. The molecule has 0 aromatic heterocycles. The van der Waals surface area contributed by atoms with Gasteiger partial charge in [-0.2, -0.15) is 0 Å². The molecule has 0 spiro atoms. The number of hydrogen-bond donors (Lipinski definition) is 1. The van der Waals surface area contributed by atoms with E-state index < -0.39 is 10.8 Å². The molecule has 1 rings (SSSR count). The van der Waals surface area contributed by atoms with Crippen molar-refractivity contribution in [2.45, 2.75) is 27.3 Å². The molecular weight excluding hydrogens is 256 g/mol. The van der Waals surface area contributed by atoms with E-state index in [0.29, 0.717) is 0 Å². The summed E-state index contributed by atoms with van der Waals surface area (Å²) in [4.78, 5) is 2.33. The molecule has 0 heterocycles. The van der Waals surface area contributed by atoms with Crippen LogP contribution >= 0.6 is 0 Å². The Balaban J connectivity index is 2.38. The number of rotatable bonds is 9. The van der Waals surface area contributed by atoms with E-state index in [9.17, 15) is 4.21 Å². The van der Waals surface area contributed by atoms with Crippen LogP contribution in [0.2, 0.25) is 0 Å². The zero-order valence-corrected chi connectivity index (χ0v) is 13.1. The molecule has 1 unspecified atom stereocenters. The average Bonchev–Trinajstić information content (AvgIpc) is 2.46. The molecule has 0 saturated heterocycles. The normalized spacial score (nSPS) is 12.4. The van der Waals surface area contributed by atoms with Gasteiger partial charge in [-0.05, 0) is 31.5 Å². The highest BCUT2D eigenvalue weighted by Crippen LogP contribution is 2.14. The van der Waals surface area contributed by atoms with Gasteiger partial charge in [0, 0.05) is 54.2 Å². The second-order valence-corrected chi connectivity index (χ2v) is 6.31. The molecule has 0 aliphatic carbocycles. The van der Waals surface area contributed by atoms with Crippen molar-refractivity contribution < 1.29 is 4.21 Å². The average molecular weight is 282 g/mol. The van der Waals surface area contributed by atoms with Crippen LogP contribution in [-0.2, 0) is 17.3 Å². The van der Waals surface area contributed by atoms with Gasteiger partial charge in [-0.3, -0.25) is 4.21 Å². The molecule has 4 heteroatoms. The van der Waals surface area contributed by atoms with E-state index in [-0.39, 0.29) is 0 Å². The van der Waals surface area contributed by atoms with Gasteiger partial charge in [0.15, 0.2) is 0 Å². The first-order valence-electron chi connectivity index (χ1n) is 7.10. The molecule has 0 aliphatic rings. The fourth-order valence-electron chi connectivity index (χ4n) is 1.98. The van der Waals surface area contributed by atoms with Gasteiger partial charge in [0.05, 0.1) is 0 Å². The van der Waals surface area contributed by atoms with Crippen LogP contribution in [0.25, 0.3) is 0 Å². The van der Waals surface area contributed by atoms with Gasteiger partial charge in [0.25, 0.3) is 0 Å². The van der Waals surface area contributed by atoms with Crippen molar-refractivity contribution in [3.8, 4) is 0 Å². The molecule has 0 amide bonds. The second kappa shape index (κ2) is 9.10. The van der Waals surface area contributed by atoms with Crippen LogP contribution in [0.3, 0.4) is 0 Å². The van der Waals surface area contributed by atoms with Gasteiger partial charge >= 0.3 is 0 Å². The lowest BCUT2D eigenvalue weighted by Crippen LogP contribution is -2.22. The molecule has 0 bridgehead atoms. The van der Waals surface area contributed by atoms with Crippen LogP contribution in [0, 0.1) is 0 Å².